The number of halogens is 1. The van der Waals surface area contributed by atoms with Gasteiger partial charge in [-0.3, -0.25) is 4.79 Å². The summed E-state index contributed by atoms with van der Waals surface area (Å²) >= 11 is 3.43. The third kappa shape index (κ3) is 3.66. The van der Waals surface area contributed by atoms with Crippen molar-refractivity contribution in [3.63, 3.8) is 0 Å². The molecule has 0 fully saturated rings. The van der Waals surface area contributed by atoms with E-state index in [0.29, 0.717) is 16.8 Å². The second kappa shape index (κ2) is 6.48. The first-order valence-corrected chi connectivity index (χ1v) is 8.70. The zero-order chi connectivity index (χ0) is 18.2. The summed E-state index contributed by atoms with van der Waals surface area (Å²) in [5, 5.41) is 0. The first kappa shape index (κ1) is 17.4. The van der Waals surface area contributed by atoms with Gasteiger partial charge < -0.3 is 4.74 Å². The molecule has 1 heterocycles. The number of fused-ring (bicyclic) bond motifs is 1. The lowest BCUT2D eigenvalue weighted by atomic mass is 10.0. The summed E-state index contributed by atoms with van der Waals surface area (Å²) in [5.74, 6) is -0.383. The molecule has 0 unspecified atom stereocenters. The third-order valence-electron chi connectivity index (χ3n) is 3.61. The normalized spacial score (nSPS) is 15.4. The molecule has 3 rings (SSSR count). The van der Waals surface area contributed by atoms with Crippen LogP contribution >= 0.6 is 15.9 Å². The van der Waals surface area contributed by atoms with Crippen LogP contribution < -0.4 is 4.90 Å². The van der Waals surface area contributed by atoms with E-state index in [4.69, 9.17) is 4.74 Å². The molecule has 4 nitrogen and oxygen atoms in total. The number of rotatable bonds is 1. The Morgan fingerprint density at radius 1 is 1.12 bits per heavy atom. The van der Waals surface area contributed by atoms with Crippen LogP contribution in [0.5, 0.6) is 0 Å². The van der Waals surface area contributed by atoms with Crippen molar-refractivity contribution >= 4 is 45.3 Å². The summed E-state index contributed by atoms with van der Waals surface area (Å²) in [4.78, 5) is 26.6. The molecule has 0 atom stereocenters. The fourth-order valence-electron chi connectivity index (χ4n) is 2.61. The molecule has 0 bridgehead atoms. The van der Waals surface area contributed by atoms with Gasteiger partial charge in [-0.25, -0.2) is 9.69 Å². The Labute approximate surface area is 155 Å². The van der Waals surface area contributed by atoms with E-state index >= 15 is 0 Å². The number of hydrogen-bond acceptors (Lipinski definition) is 3. The fourth-order valence-corrected chi connectivity index (χ4v) is 2.97. The van der Waals surface area contributed by atoms with Crippen LogP contribution in [-0.2, 0) is 9.53 Å². The highest BCUT2D eigenvalue weighted by molar-refractivity contribution is 9.10. The molecule has 0 saturated heterocycles. The van der Waals surface area contributed by atoms with E-state index in [2.05, 4.69) is 15.9 Å². The van der Waals surface area contributed by atoms with Crippen LogP contribution in [-0.4, -0.2) is 17.6 Å². The third-order valence-corrected chi connectivity index (χ3v) is 4.10. The fraction of sp³-hybridized carbons (Fsp3) is 0.200. The number of hydrogen-bond donors (Lipinski definition) is 0. The van der Waals surface area contributed by atoms with Crippen molar-refractivity contribution in [3.05, 3.63) is 64.1 Å². The molecule has 0 aromatic heterocycles. The van der Waals surface area contributed by atoms with E-state index in [-0.39, 0.29) is 5.91 Å². The van der Waals surface area contributed by atoms with Crippen LogP contribution in [0.1, 0.15) is 31.9 Å². The standard InChI is InChI=1S/C20H18BrNO3/c1-20(2,3)25-19(24)22-17-10-9-14(21)12-15(17)16(18(22)23)11-13-7-5-4-6-8-13/h4-12H,1-3H3/b16-11+. The summed E-state index contributed by atoms with van der Waals surface area (Å²) < 4.78 is 6.24. The van der Waals surface area contributed by atoms with Gasteiger partial charge in [0.15, 0.2) is 0 Å². The molecular weight excluding hydrogens is 382 g/mol. The van der Waals surface area contributed by atoms with Crippen molar-refractivity contribution in [2.75, 3.05) is 4.90 Å². The number of benzene rings is 2. The van der Waals surface area contributed by atoms with Crippen LogP contribution in [0.2, 0.25) is 0 Å². The number of nitrogens with zero attached hydrogens (tertiary/aromatic N) is 1. The first-order chi connectivity index (χ1) is 11.8. The molecule has 0 saturated carbocycles. The van der Waals surface area contributed by atoms with Crippen LogP contribution in [0.3, 0.4) is 0 Å². The van der Waals surface area contributed by atoms with Gasteiger partial charge in [-0.05, 0) is 50.6 Å². The molecule has 0 radical (unpaired) electrons. The maximum atomic E-state index is 12.9. The van der Waals surface area contributed by atoms with Crippen molar-refractivity contribution in [2.45, 2.75) is 26.4 Å². The molecule has 1 aliphatic rings. The van der Waals surface area contributed by atoms with Gasteiger partial charge in [0.2, 0.25) is 0 Å². The van der Waals surface area contributed by atoms with Crippen molar-refractivity contribution in [3.8, 4) is 0 Å². The van der Waals surface area contributed by atoms with Crippen molar-refractivity contribution < 1.29 is 14.3 Å². The van der Waals surface area contributed by atoms with E-state index in [1.165, 1.54) is 0 Å². The van der Waals surface area contributed by atoms with Gasteiger partial charge >= 0.3 is 6.09 Å². The molecule has 2 aromatic rings. The van der Waals surface area contributed by atoms with Crippen molar-refractivity contribution in [2.24, 2.45) is 0 Å². The van der Waals surface area contributed by atoms with Gasteiger partial charge in [-0.1, -0.05) is 46.3 Å². The van der Waals surface area contributed by atoms with E-state index in [9.17, 15) is 9.59 Å². The summed E-state index contributed by atoms with van der Waals surface area (Å²) in [7, 11) is 0. The molecule has 1 aliphatic heterocycles. The Balaban J connectivity index is 2.08. The zero-order valence-electron chi connectivity index (χ0n) is 14.2. The van der Waals surface area contributed by atoms with Gasteiger partial charge in [-0.2, -0.15) is 0 Å². The van der Waals surface area contributed by atoms with Crippen LogP contribution in [0.15, 0.2) is 53.0 Å². The van der Waals surface area contributed by atoms with Crippen LogP contribution in [0.25, 0.3) is 11.6 Å². The first-order valence-electron chi connectivity index (χ1n) is 7.90. The molecule has 2 aromatic carbocycles. The average molecular weight is 400 g/mol. The van der Waals surface area contributed by atoms with Crippen molar-refractivity contribution in [1.29, 1.82) is 0 Å². The smallest absolute Gasteiger partial charge is 0.422 e. The van der Waals surface area contributed by atoms with Crippen LogP contribution in [0, 0.1) is 0 Å². The molecule has 0 aliphatic carbocycles. The van der Waals surface area contributed by atoms with E-state index in [0.717, 1.165) is 14.9 Å². The summed E-state index contributed by atoms with van der Waals surface area (Å²) in [5.41, 5.74) is 1.91. The lowest BCUT2D eigenvalue weighted by molar-refractivity contribution is -0.112. The minimum atomic E-state index is -0.682. The van der Waals surface area contributed by atoms with Crippen LogP contribution in [0.4, 0.5) is 10.5 Å². The van der Waals surface area contributed by atoms with Gasteiger partial charge in [0.1, 0.15) is 5.60 Å². The second-order valence-electron chi connectivity index (χ2n) is 6.75. The summed E-state index contributed by atoms with van der Waals surface area (Å²) in [6.07, 6.45) is 1.12. The van der Waals surface area contributed by atoms with Gasteiger partial charge in [0.05, 0.1) is 11.3 Å². The zero-order valence-corrected chi connectivity index (χ0v) is 15.8. The summed E-state index contributed by atoms with van der Waals surface area (Å²) in [6, 6.07) is 14.9. The number of imide groups is 1. The molecular formula is C20H18BrNO3. The maximum Gasteiger partial charge on any atom is 0.422 e. The van der Waals surface area contributed by atoms with Crippen molar-refractivity contribution in [1.82, 2.24) is 0 Å². The predicted molar refractivity (Wildman–Crippen MR) is 102 cm³/mol. The quantitative estimate of drug-likeness (QED) is 0.613. The Morgan fingerprint density at radius 3 is 2.44 bits per heavy atom. The predicted octanol–water partition coefficient (Wildman–Crippen LogP) is 5.27. The molecule has 128 valence electrons. The highest BCUT2D eigenvalue weighted by atomic mass is 79.9. The molecule has 5 heteroatoms. The average Bonchev–Trinajstić information content (AvgIpc) is 2.79. The number of amides is 2. The van der Waals surface area contributed by atoms with E-state index in [1.807, 2.05) is 36.4 Å². The lowest BCUT2D eigenvalue weighted by Crippen LogP contribution is -2.38. The Bertz CT molecular complexity index is 866. The Kier molecular flexibility index (Phi) is 4.52. The largest absolute Gasteiger partial charge is 0.443 e. The topological polar surface area (TPSA) is 46.6 Å². The van der Waals surface area contributed by atoms with E-state index in [1.54, 1.807) is 39.0 Å². The highest BCUT2D eigenvalue weighted by Crippen LogP contribution is 2.40. The minimum absolute atomic E-state index is 0.383. The van der Waals surface area contributed by atoms with Gasteiger partial charge in [0, 0.05) is 10.0 Å². The second-order valence-corrected chi connectivity index (χ2v) is 7.67. The van der Waals surface area contributed by atoms with Gasteiger partial charge in [-0.15, -0.1) is 0 Å². The highest BCUT2D eigenvalue weighted by Gasteiger charge is 2.39. The molecule has 2 amide bonds. The number of ether oxygens (including phenoxy) is 1. The molecule has 0 N–H and O–H groups in total. The Morgan fingerprint density at radius 2 is 1.80 bits per heavy atom. The number of anilines is 1. The number of carbonyl (C=O) groups is 2. The summed E-state index contributed by atoms with van der Waals surface area (Å²) in [6.45, 7) is 5.32. The Hall–Kier alpha value is -2.40. The SMILES string of the molecule is CC(C)(C)OC(=O)N1C(=O)/C(=C/c2ccccc2)c2cc(Br)ccc21. The monoisotopic (exact) mass is 399 g/mol. The van der Waals surface area contributed by atoms with Gasteiger partial charge in [0.25, 0.3) is 5.91 Å². The maximum absolute atomic E-state index is 12.9. The minimum Gasteiger partial charge on any atom is -0.443 e. The number of carbonyl (C=O) groups excluding carboxylic acids is 2. The molecule has 0 spiro atoms. The molecule has 25 heavy (non-hydrogen) atoms. The lowest BCUT2D eigenvalue weighted by Gasteiger charge is -2.23. The van der Waals surface area contributed by atoms with E-state index < -0.39 is 11.7 Å².